The minimum absolute atomic E-state index is 0.0181. The molecule has 4 aromatic carbocycles. The normalized spacial score (nSPS) is 24.5. The number of benzene rings is 4. The first kappa shape index (κ1) is 49.2. The van der Waals surface area contributed by atoms with Crippen LogP contribution in [-0.2, 0) is 46.5 Å². The van der Waals surface area contributed by atoms with Gasteiger partial charge < -0.3 is 19.3 Å². The highest BCUT2D eigenvalue weighted by Gasteiger charge is 2.35. The molecule has 2 heterocycles. The maximum Gasteiger partial charge on any atom is 0.311 e. The molecule has 0 bridgehead atoms. The number of hydrogen-bond donors (Lipinski definition) is 1. The van der Waals surface area contributed by atoms with E-state index in [-0.39, 0.29) is 29.9 Å². The van der Waals surface area contributed by atoms with Crippen molar-refractivity contribution >= 4 is 43.6 Å². The zero-order valence-corrected chi connectivity index (χ0v) is 40.9. The lowest BCUT2D eigenvalue weighted by Gasteiger charge is -2.37. The summed E-state index contributed by atoms with van der Waals surface area (Å²) < 4.78 is 43.2. The lowest BCUT2D eigenvalue weighted by atomic mass is 9.78. The van der Waals surface area contributed by atoms with Crippen molar-refractivity contribution in [1.29, 1.82) is 0 Å². The van der Waals surface area contributed by atoms with Crippen LogP contribution in [-0.4, -0.2) is 94.1 Å². The highest BCUT2D eigenvalue weighted by atomic mass is 32.2. The molecular formula is C55H74N2O9S. The molecule has 2 aliphatic heterocycles. The molecule has 2 saturated heterocycles. The second-order valence-electron chi connectivity index (χ2n) is 20.6. The lowest BCUT2D eigenvalue weighted by molar-refractivity contribution is -0.152. The number of fused-ring (bicyclic) bond motifs is 2. The van der Waals surface area contributed by atoms with E-state index in [2.05, 4.69) is 52.3 Å². The third-order valence-corrected chi connectivity index (χ3v) is 16.4. The molecule has 1 N–H and O–H groups in total. The number of rotatable bonds is 12. The van der Waals surface area contributed by atoms with Gasteiger partial charge in [0.1, 0.15) is 11.5 Å². The Balaban J connectivity index is 0.000000146. The quantitative estimate of drug-likeness (QED) is 0.108. The SMILES string of the molecule is COC(=O)C1CN(Cc2ccc3c(O)cccc3c2)C1.COC(=O)C1CN(Cc2ccc3c(OC4CCC(C5CCCC5)CC4)cccc3c2)C1.CS(=O)(=O)OC1CCC(C2CCCC2)CC1. The summed E-state index contributed by atoms with van der Waals surface area (Å²) in [5.41, 5.74) is 2.47. The zero-order valence-electron chi connectivity index (χ0n) is 40.1. The number of likely N-dealkylation sites (tertiary alicyclic amines) is 2. The molecule has 6 aliphatic rings. The van der Waals surface area contributed by atoms with Gasteiger partial charge in [-0.15, -0.1) is 0 Å². The van der Waals surface area contributed by atoms with Crippen LogP contribution in [0, 0.1) is 35.5 Å². The van der Waals surface area contributed by atoms with E-state index in [9.17, 15) is 23.1 Å². The van der Waals surface area contributed by atoms with Crippen LogP contribution in [0.15, 0.2) is 72.8 Å². The Labute approximate surface area is 399 Å². The topological polar surface area (TPSA) is 132 Å². The maximum atomic E-state index is 11.6. The van der Waals surface area contributed by atoms with Crippen LogP contribution in [0.3, 0.4) is 0 Å². The van der Waals surface area contributed by atoms with Crippen LogP contribution in [0.5, 0.6) is 11.5 Å². The molecule has 67 heavy (non-hydrogen) atoms. The van der Waals surface area contributed by atoms with Crippen LogP contribution >= 0.6 is 0 Å². The van der Waals surface area contributed by atoms with Gasteiger partial charge in [0.2, 0.25) is 0 Å². The number of carbonyl (C=O) groups is 2. The van der Waals surface area contributed by atoms with Gasteiger partial charge in [-0.1, -0.05) is 99.9 Å². The summed E-state index contributed by atoms with van der Waals surface area (Å²) in [6, 6.07) is 24.7. The molecule has 4 aliphatic carbocycles. The van der Waals surface area contributed by atoms with Crippen molar-refractivity contribution < 1.29 is 41.5 Å². The Morgan fingerprint density at radius 3 is 1.48 bits per heavy atom. The number of nitrogens with zero attached hydrogens (tertiary/aromatic N) is 2. The van der Waals surface area contributed by atoms with Crippen LogP contribution in [0.25, 0.3) is 21.5 Å². The molecule has 0 atom stereocenters. The van der Waals surface area contributed by atoms with Crippen LogP contribution in [0.1, 0.15) is 114 Å². The van der Waals surface area contributed by atoms with E-state index < -0.39 is 10.1 Å². The molecule has 0 amide bonds. The van der Waals surface area contributed by atoms with Gasteiger partial charge in [-0.3, -0.25) is 23.6 Å². The molecule has 0 radical (unpaired) electrons. The summed E-state index contributed by atoms with van der Waals surface area (Å²) in [6.07, 6.45) is 22.1. The van der Waals surface area contributed by atoms with Gasteiger partial charge >= 0.3 is 11.9 Å². The molecule has 11 nitrogen and oxygen atoms in total. The van der Waals surface area contributed by atoms with E-state index in [1.54, 1.807) is 6.07 Å². The van der Waals surface area contributed by atoms with E-state index in [1.165, 1.54) is 113 Å². The van der Waals surface area contributed by atoms with Crippen LogP contribution in [0.4, 0.5) is 0 Å². The molecular weight excluding hydrogens is 865 g/mol. The Morgan fingerprint density at radius 2 is 1.00 bits per heavy atom. The highest BCUT2D eigenvalue weighted by Crippen LogP contribution is 2.42. The molecule has 4 saturated carbocycles. The maximum absolute atomic E-state index is 11.6. The monoisotopic (exact) mass is 939 g/mol. The Morgan fingerprint density at radius 1 is 0.567 bits per heavy atom. The lowest BCUT2D eigenvalue weighted by Crippen LogP contribution is -2.49. The summed E-state index contributed by atoms with van der Waals surface area (Å²) in [4.78, 5) is 27.4. The van der Waals surface area contributed by atoms with Gasteiger partial charge in [-0.2, -0.15) is 8.42 Å². The predicted molar refractivity (Wildman–Crippen MR) is 263 cm³/mol. The molecule has 12 heteroatoms. The second-order valence-corrected chi connectivity index (χ2v) is 22.2. The molecule has 4 aromatic rings. The second kappa shape index (κ2) is 22.9. The molecule has 6 fully saturated rings. The number of esters is 2. The molecule has 10 rings (SSSR count). The third-order valence-electron chi connectivity index (χ3n) is 15.8. The zero-order chi connectivity index (χ0) is 46.9. The van der Waals surface area contributed by atoms with Gasteiger partial charge in [-0.05, 0) is 121 Å². The van der Waals surface area contributed by atoms with Gasteiger partial charge in [0, 0.05) is 50.0 Å². The number of hydrogen-bond acceptors (Lipinski definition) is 11. The summed E-state index contributed by atoms with van der Waals surface area (Å²) in [5.74, 6) is 4.87. The number of ether oxygens (including phenoxy) is 3. The molecule has 0 spiro atoms. The van der Waals surface area contributed by atoms with Gasteiger partial charge in [0.05, 0.1) is 44.5 Å². The van der Waals surface area contributed by atoms with E-state index in [4.69, 9.17) is 18.4 Å². The third kappa shape index (κ3) is 13.3. The van der Waals surface area contributed by atoms with Crippen molar-refractivity contribution in [2.24, 2.45) is 35.5 Å². The number of phenolic OH excluding ortho intramolecular Hbond substituents is 1. The first-order chi connectivity index (χ1) is 32.4. The number of aromatic hydroxyl groups is 1. The van der Waals surface area contributed by atoms with Gasteiger partial charge in [-0.25, -0.2) is 0 Å². The Kier molecular flexibility index (Phi) is 16.8. The highest BCUT2D eigenvalue weighted by molar-refractivity contribution is 7.86. The van der Waals surface area contributed by atoms with Crippen LogP contribution < -0.4 is 4.74 Å². The average Bonchev–Trinajstić information content (AvgIpc) is 4.05. The van der Waals surface area contributed by atoms with E-state index >= 15 is 0 Å². The fourth-order valence-corrected chi connectivity index (χ4v) is 12.8. The number of methoxy groups -OCH3 is 2. The van der Waals surface area contributed by atoms with Gasteiger partial charge in [0.15, 0.2) is 0 Å². The summed E-state index contributed by atoms with van der Waals surface area (Å²) in [7, 11) is -0.361. The number of carbonyl (C=O) groups excluding carboxylic acids is 2. The Bertz CT molecular complexity index is 2370. The van der Waals surface area contributed by atoms with Crippen molar-refractivity contribution in [1.82, 2.24) is 9.80 Å². The predicted octanol–water partition coefficient (Wildman–Crippen LogP) is 10.4. The van der Waals surface area contributed by atoms with Crippen molar-refractivity contribution in [2.45, 2.75) is 128 Å². The van der Waals surface area contributed by atoms with Gasteiger partial charge in [0.25, 0.3) is 10.1 Å². The smallest absolute Gasteiger partial charge is 0.311 e. The standard InChI is InChI=1S/C27H35NO3.C16H17NO3.C12H22O3S/c1-30-27(29)23-17-28(18-23)16-19-9-14-25-22(15-19)7-4-8-26(25)31-24-12-10-21(11-13-24)20-5-2-3-6-20;1-20-16(19)13-9-17(10-13)8-11-5-6-14-12(7-11)3-2-4-15(14)18;1-16(13,14)15-12-8-6-11(7-9-12)10-4-2-3-5-10/h4,7-9,14-15,20-21,23-24H,2-3,5-6,10-13,16-18H2,1H3;2-7,13,18H,8-10H2,1H3;10-12H,2-9H2,1H3. The molecule has 0 unspecified atom stereocenters. The van der Waals surface area contributed by atoms with Crippen molar-refractivity contribution in [2.75, 3.05) is 46.7 Å². The first-order valence-corrected chi connectivity index (χ1v) is 27.1. The van der Waals surface area contributed by atoms with E-state index in [0.717, 1.165) is 111 Å². The summed E-state index contributed by atoms with van der Waals surface area (Å²) in [6.45, 7) is 4.78. The van der Waals surface area contributed by atoms with Crippen molar-refractivity contribution in [3.8, 4) is 11.5 Å². The summed E-state index contributed by atoms with van der Waals surface area (Å²) >= 11 is 0. The summed E-state index contributed by atoms with van der Waals surface area (Å²) in [5, 5.41) is 14.1. The largest absolute Gasteiger partial charge is 0.507 e. The average molecular weight is 939 g/mol. The molecule has 364 valence electrons. The first-order valence-electron chi connectivity index (χ1n) is 25.3. The van der Waals surface area contributed by atoms with Crippen LogP contribution in [0.2, 0.25) is 0 Å². The van der Waals surface area contributed by atoms with Crippen molar-refractivity contribution in [3.63, 3.8) is 0 Å². The Hall–Kier alpha value is -4.23. The molecule has 0 aromatic heterocycles. The van der Waals surface area contributed by atoms with E-state index in [1.807, 2.05) is 24.3 Å². The van der Waals surface area contributed by atoms with Crippen molar-refractivity contribution in [3.05, 3.63) is 83.9 Å². The minimum atomic E-state index is -3.26. The number of phenols is 1. The van der Waals surface area contributed by atoms with E-state index in [0.29, 0.717) is 11.9 Å². The fraction of sp³-hybridized carbons (Fsp3) is 0.600. The fourth-order valence-electron chi connectivity index (χ4n) is 12.1. The minimum Gasteiger partial charge on any atom is -0.507 e.